The quantitative estimate of drug-likeness (QED) is 0.577. The van der Waals surface area contributed by atoms with Gasteiger partial charge in [-0.2, -0.15) is 5.10 Å². The molecule has 156 valence electrons. The number of carbonyl (C=O) groups is 2. The van der Waals surface area contributed by atoms with E-state index in [4.69, 9.17) is 4.74 Å². The highest BCUT2D eigenvalue weighted by Crippen LogP contribution is 2.21. The molecule has 0 aliphatic carbocycles. The minimum Gasteiger partial charge on any atom is -0.469 e. The second kappa shape index (κ2) is 8.95. The monoisotopic (exact) mass is 405 g/mol. The molecule has 0 aliphatic rings. The molecule has 1 amide bonds. The van der Waals surface area contributed by atoms with E-state index in [0.717, 1.165) is 33.9 Å². The maximum atomic E-state index is 12.9. The zero-order valence-corrected chi connectivity index (χ0v) is 18.1. The molecule has 30 heavy (non-hydrogen) atoms. The summed E-state index contributed by atoms with van der Waals surface area (Å²) in [7, 11) is 3.17. The smallest absolute Gasteiger partial charge is 0.305 e. The van der Waals surface area contributed by atoms with E-state index in [1.165, 1.54) is 7.11 Å². The van der Waals surface area contributed by atoms with Gasteiger partial charge in [0.15, 0.2) is 0 Å². The third-order valence-corrected chi connectivity index (χ3v) is 5.30. The summed E-state index contributed by atoms with van der Waals surface area (Å²) in [5, 5.41) is 4.62. The van der Waals surface area contributed by atoms with Gasteiger partial charge in [-0.25, -0.2) is 4.68 Å². The Morgan fingerprint density at radius 1 is 1.07 bits per heavy atom. The first-order valence-electron chi connectivity index (χ1n) is 9.89. The lowest BCUT2D eigenvalue weighted by Gasteiger charge is -2.18. The second-order valence-corrected chi connectivity index (χ2v) is 7.39. The zero-order valence-electron chi connectivity index (χ0n) is 18.1. The zero-order chi connectivity index (χ0) is 21.8. The number of aromatic nitrogens is 2. The number of nitrogens with zero attached hydrogens (tertiary/aromatic N) is 3. The Bertz CT molecular complexity index is 1070. The summed E-state index contributed by atoms with van der Waals surface area (Å²) in [4.78, 5) is 26.0. The molecule has 0 saturated carbocycles. The van der Waals surface area contributed by atoms with Crippen molar-refractivity contribution in [2.24, 2.45) is 0 Å². The van der Waals surface area contributed by atoms with Crippen molar-refractivity contribution in [3.8, 4) is 5.69 Å². The van der Waals surface area contributed by atoms with Gasteiger partial charge in [-0.15, -0.1) is 0 Å². The normalized spacial score (nSPS) is 10.7. The van der Waals surface area contributed by atoms with Crippen molar-refractivity contribution in [2.75, 3.05) is 19.1 Å². The van der Waals surface area contributed by atoms with Crippen molar-refractivity contribution in [3.05, 3.63) is 76.6 Å². The van der Waals surface area contributed by atoms with Crippen LogP contribution in [-0.2, 0) is 16.0 Å². The number of hydrogen-bond donors (Lipinski definition) is 0. The number of amides is 1. The fourth-order valence-corrected chi connectivity index (χ4v) is 3.51. The van der Waals surface area contributed by atoms with Crippen LogP contribution < -0.4 is 4.90 Å². The summed E-state index contributed by atoms with van der Waals surface area (Å²) in [5.74, 6) is -0.304. The number of aryl methyl sites for hydroxylation is 2. The lowest BCUT2D eigenvalue weighted by molar-refractivity contribution is -0.140. The van der Waals surface area contributed by atoms with Crippen molar-refractivity contribution < 1.29 is 14.3 Å². The fourth-order valence-electron chi connectivity index (χ4n) is 3.51. The number of esters is 1. The Morgan fingerprint density at radius 2 is 1.77 bits per heavy atom. The number of benzene rings is 2. The molecule has 3 aromatic rings. The van der Waals surface area contributed by atoms with Gasteiger partial charge in [-0.1, -0.05) is 12.1 Å². The van der Waals surface area contributed by atoms with E-state index in [1.54, 1.807) is 11.9 Å². The number of carbonyl (C=O) groups excluding carboxylic acids is 2. The molecule has 3 rings (SSSR count). The van der Waals surface area contributed by atoms with Crippen molar-refractivity contribution >= 4 is 17.6 Å². The van der Waals surface area contributed by atoms with Gasteiger partial charge < -0.3 is 9.64 Å². The predicted octanol–water partition coefficient (Wildman–Crippen LogP) is 4.18. The average Bonchev–Trinajstić information content (AvgIpc) is 3.04. The molecule has 0 bridgehead atoms. The van der Waals surface area contributed by atoms with Crippen LogP contribution in [0.3, 0.4) is 0 Å². The fraction of sp³-hybridized carbons (Fsp3) is 0.292. The number of rotatable bonds is 6. The van der Waals surface area contributed by atoms with E-state index >= 15 is 0 Å². The summed E-state index contributed by atoms with van der Waals surface area (Å²) in [6, 6.07) is 15.3. The van der Waals surface area contributed by atoms with Crippen LogP contribution in [0.5, 0.6) is 0 Å². The Hall–Kier alpha value is -3.41. The minimum absolute atomic E-state index is 0.0701. The maximum absolute atomic E-state index is 12.9. The molecule has 0 unspecified atom stereocenters. The first kappa shape index (κ1) is 21.3. The molecule has 1 heterocycles. The summed E-state index contributed by atoms with van der Waals surface area (Å²) in [5.41, 5.74) is 6.35. The van der Waals surface area contributed by atoms with Crippen LogP contribution >= 0.6 is 0 Å². The molecule has 1 aromatic heterocycles. The van der Waals surface area contributed by atoms with Crippen LogP contribution in [0.15, 0.2) is 48.5 Å². The molecule has 2 aromatic carbocycles. The van der Waals surface area contributed by atoms with E-state index < -0.39 is 0 Å². The van der Waals surface area contributed by atoms with E-state index in [-0.39, 0.29) is 11.9 Å². The van der Waals surface area contributed by atoms with E-state index in [2.05, 4.69) is 5.10 Å². The first-order valence-corrected chi connectivity index (χ1v) is 9.89. The Labute approximate surface area is 177 Å². The topological polar surface area (TPSA) is 64.4 Å². The highest BCUT2D eigenvalue weighted by Gasteiger charge is 2.16. The minimum atomic E-state index is -0.234. The average molecular weight is 405 g/mol. The van der Waals surface area contributed by atoms with Crippen LogP contribution in [0.25, 0.3) is 5.69 Å². The van der Waals surface area contributed by atoms with Crippen molar-refractivity contribution in [1.29, 1.82) is 0 Å². The number of methoxy groups -OCH3 is 1. The predicted molar refractivity (Wildman–Crippen MR) is 117 cm³/mol. The SMILES string of the molecule is COC(=O)CCc1c(C)nn(-c2ccc(C(=O)N(C)c3cccc(C)c3)cc2)c1C. The molecule has 6 heteroatoms. The Morgan fingerprint density at radius 3 is 2.40 bits per heavy atom. The van der Waals surface area contributed by atoms with Gasteiger partial charge in [0.25, 0.3) is 5.91 Å². The summed E-state index contributed by atoms with van der Waals surface area (Å²) >= 11 is 0. The van der Waals surface area contributed by atoms with E-state index in [9.17, 15) is 9.59 Å². The molecule has 6 nitrogen and oxygen atoms in total. The molecular weight excluding hydrogens is 378 g/mol. The third kappa shape index (κ3) is 4.43. The molecule has 0 N–H and O–H groups in total. The first-order chi connectivity index (χ1) is 14.3. The lowest BCUT2D eigenvalue weighted by atomic mass is 10.1. The van der Waals surface area contributed by atoms with Crippen molar-refractivity contribution in [3.63, 3.8) is 0 Å². The van der Waals surface area contributed by atoms with Crippen LogP contribution in [0.1, 0.15) is 39.3 Å². The lowest BCUT2D eigenvalue weighted by Crippen LogP contribution is -2.26. The molecule has 0 fully saturated rings. The molecular formula is C24H27N3O3. The molecule has 0 saturated heterocycles. The van der Waals surface area contributed by atoms with Gasteiger partial charge in [0, 0.05) is 30.4 Å². The van der Waals surface area contributed by atoms with Gasteiger partial charge in [0.1, 0.15) is 0 Å². The van der Waals surface area contributed by atoms with Crippen LogP contribution in [0, 0.1) is 20.8 Å². The summed E-state index contributed by atoms with van der Waals surface area (Å²) < 4.78 is 6.58. The van der Waals surface area contributed by atoms with Crippen molar-refractivity contribution in [1.82, 2.24) is 9.78 Å². The van der Waals surface area contributed by atoms with E-state index in [1.807, 2.05) is 74.0 Å². The highest BCUT2D eigenvalue weighted by molar-refractivity contribution is 6.05. The second-order valence-electron chi connectivity index (χ2n) is 7.39. The molecule has 0 radical (unpaired) electrons. The maximum Gasteiger partial charge on any atom is 0.305 e. The van der Waals surface area contributed by atoms with Gasteiger partial charge in [0.05, 0.1) is 18.5 Å². The summed E-state index contributed by atoms with van der Waals surface area (Å²) in [6.07, 6.45) is 0.908. The number of anilines is 1. The van der Waals surface area contributed by atoms with E-state index in [0.29, 0.717) is 18.4 Å². The molecule has 0 aliphatic heterocycles. The van der Waals surface area contributed by atoms with Gasteiger partial charge in [0.2, 0.25) is 0 Å². The number of hydrogen-bond acceptors (Lipinski definition) is 4. The van der Waals surface area contributed by atoms with Gasteiger partial charge in [-0.05, 0) is 74.7 Å². The van der Waals surface area contributed by atoms with Crippen LogP contribution in [0.4, 0.5) is 5.69 Å². The molecule has 0 atom stereocenters. The Balaban J connectivity index is 1.80. The van der Waals surface area contributed by atoms with Crippen LogP contribution in [0.2, 0.25) is 0 Å². The van der Waals surface area contributed by atoms with Gasteiger partial charge in [-0.3, -0.25) is 9.59 Å². The largest absolute Gasteiger partial charge is 0.469 e. The van der Waals surface area contributed by atoms with Gasteiger partial charge >= 0.3 is 5.97 Å². The third-order valence-electron chi connectivity index (χ3n) is 5.30. The Kier molecular flexibility index (Phi) is 6.35. The van der Waals surface area contributed by atoms with Crippen LogP contribution in [-0.4, -0.2) is 35.8 Å². The standard InChI is InChI=1S/C24H27N3O3/c1-16-7-6-8-21(15-16)26(4)24(29)19-9-11-20(12-10-19)27-18(3)22(17(2)25-27)13-14-23(28)30-5/h6-12,15H,13-14H2,1-5H3. The highest BCUT2D eigenvalue weighted by atomic mass is 16.5. The number of ether oxygens (including phenoxy) is 1. The van der Waals surface area contributed by atoms with Crippen molar-refractivity contribution in [2.45, 2.75) is 33.6 Å². The molecule has 0 spiro atoms. The summed E-state index contributed by atoms with van der Waals surface area (Å²) in [6.45, 7) is 5.92.